The minimum atomic E-state index is -1.23. The maximum Gasteiger partial charge on any atom is 0.366 e. The summed E-state index contributed by atoms with van der Waals surface area (Å²) in [4.78, 5) is 26.4. The molecular weight excluding hydrogens is 310 g/mol. The molecule has 2 unspecified atom stereocenters. The highest BCUT2D eigenvalue weighted by atomic mass is 16.6. The second-order valence-electron chi connectivity index (χ2n) is 5.64. The molecule has 0 aromatic carbocycles. The number of hydrogen-bond donors (Lipinski definition) is 5. The highest BCUT2D eigenvalue weighted by Gasteiger charge is 2.70. The van der Waals surface area contributed by atoms with Gasteiger partial charge in [0.2, 0.25) is 5.91 Å². The molecule has 11 nitrogen and oxygen atoms in total. The highest BCUT2D eigenvalue weighted by molar-refractivity contribution is 5.78. The van der Waals surface area contributed by atoms with Gasteiger partial charge in [0, 0.05) is 6.42 Å². The Labute approximate surface area is 129 Å². The number of amides is 1. The zero-order valence-corrected chi connectivity index (χ0v) is 12.0. The lowest BCUT2D eigenvalue weighted by Crippen LogP contribution is -2.37. The molecule has 2 fully saturated rings. The van der Waals surface area contributed by atoms with Gasteiger partial charge in [0.15, 0.2) is 5.82 Å². The molecule has 1 aromatic rings. The van der Waals surface area contributed by atoms with Gasteiger partial charge in [0.1, 0.15) is 23.9 Å². The first-order chi connectivity index (χ1) is 10.9. The summed E-state index contributed by atoms with van der Waals surface area (Å²) < 4.78 is 6.56. The van der Waals surface area contributed by atoms with Gasteiger partial charge in [-0.05, 0) is 0 Å². The molecule has 126 valence electrons. The van der Waals surface area contributed by atoms with Crippen LogP contribution in [0, 0.1) is 0 Å². The number of hydrogen-bond acceptors (Lipinski definition) is 9. The van der Waals surface area contributed by atoms with Crippen molar-refractivity contribution in [3.8, 4) is 0 Å². The van der Waals surface area contributed by atoms with Crippen molar-refractivity contribution in [2.24, 2.45) is 5.73 Å². The number of carbonyl (C=O) groups is 1. The zero-order chi connectivity index (χ0) is 16.8. The van der Waals surface area contributed by atoms with E-state index in [0.717, 1.165) is 4.68 Å². The SMILES string of the molecule is NC(=O)CNc1cnn(C2CC23O[C@H](CO)[C@@H](O)[C@H]3O)c(=O)n1. The van der Waals surface area contributed by atoms with Gasteiger partial charge in [0.25, 0.3) is 0 Å². The summed E-state index contributed by atoms with van der Waals surface area (Å²) in [5, 5.41) is 35.5. The summed E-state index contributed by atoms with van der Waals surface area (Å²) in [6.07, 6.45) is -1.85. The average molecular weight is 327 g/mol. The molecule has 0 radical (unpaired) electrons. The monoisotopic (exact) mass is 327 g/mol. The molecule has 3 rings (SSSR count). The summed E-state index contributed by atoms with van der Waals surface area (Å²) in [6, 6.07) is -0.589. The molecule has 0 bridgehead atoms. The van der Waals surface area contributed by atoms with Gasteiger partial charge in [-0.2, -0.15) is 10.1 Å². The number of aliphatic hydroxyl groups excluding tert-OH is 3. The van der Waals surface area contributed by atoms with E-state index in [1.54, 1.807) is 0 Å². The molecule has 2 heterocycles. The Morgan fingerprint density at radius 2 is 2.30 bits per heavy atom. The lowest BCUT2D eigenvalue weighted by atomic mass is 10.1. The topological polar surface area (TPSA) is 173 Å². The van der Waals surface area contributed by atoms with Crippen molar-refractivity contribution in [2.75, 3.05) is 18.5 Å². The first-order valence-corrected chi connectivity index (χ1v) is 7.02. The van der Waals surface area contributed by atoms with Crippen LogP contribution in [0.15, 0.2) is 11.0 Å². The Bertz CT molecular complexity index is 680. The number of nitrogens with zero attached hydrogens (tertiary/aromatic N) is 3. The van der Waals surface area contributed by atoms with Crippen LogP contribution in [0.1, 0.15) is 12.5 Å². The standard InChI is InChI=1S/C12H17N5O6/c13-7(19)2-14-8-3-15-17(11(22)16-8)6-1-12(6)10(21)9(20)5(4-18)23-12/h3,5-6,9-10,18,20-21H,1-2,4H2,(H2,13,19)(H,14,16,22)/t5-,6?,9-,10-,12?/m1/s1. The largest absolute Gasteiger partial charge is 0.394 e. The van der Waals surface area contributed by atoms with Crippen molar-refractivity contribution in [1.82, 2.24) is 14.8 Å². The van der Waals surface area contributed by atoms with E-state index in [9.17, 15) is 19.8 Å². The van der Waals surface area contributed by atoms with Gasteiger partial charge in [0.05, 0.1) is 25.4 Å². The van der Waals surface area contributed by atoms with E-state index >= 15 is 0 Å². The second kappa shape index (κ2) is 5.53. The number of primary amides is 1. The van der Waals surface area contributed by atoms with E-state index in [0.29, 0.717) is 0 Å². The third kappa shape index (κ3) is 2.57. The van der Waals surface area contributed by atoms with Crippen LogP contribution in [-0.2, 0) is 9.53 Å². The molecule has 23 heavy (non-hydrogen) atoms. The van der Waals surface area contributed by atoms with Crippen molar-refractivity contribution < 1.29 is 24.9 Å². The summed E-state index contributed by atoms with van der Waals surface area (Å²) >= 11 is 0. The van der Waals surface area contributed by atoms with E-state index in [2.05, 4.69) is 15.4 Å². The number of carbonyl (C=O) groups excluding carboxylic acids is 1. The minimum Gasteiger partial charge on any atom is -0.394 e. The van der Waals surface area contributed by atoms with Crippen LogP contribution < -0.4 is 16.7 Å². The number of ether oxygens (including phenoxy) is 1. The molecule has 2 aliphatic rings. The molecule has 1 aliphatic carbocycles. The molecule has 5 atom stereocenters. The van der Waals surface area contributed by atoms with Crippen LogP contribution in [0.2, 0.25) is 0 Å². The molecule has 1 saturated heterocycles. The van der Waals surface area contributed by atoms with Crippen LogP contribution in [0.5, 0.6) is 0 Å². The van der Waals surface area contributed by atoms with E-state index in [1.165, 1.54) is 6.20 Å². The van der Waals surface area contributed by atoms with Gasteiger partial charge in [-0.3, -0.25) is 4.79 Å². The molecule has 1 aromatic heterocycles. The van der Waals surface area contributed by atoms with Crippen molar-refractivity contribution in [2.45, 2.75) is 36.4 Å². The second-order valence-corrected chi connectivity index (χ2v) is 5.64. The van der Waals surface area contributed by atoms with E-state index in [1.807, 2.05) is 0 Å². The maximum atomic E-state index is 12.0. The maximum absolute atomic E-state index is 12.0. The molecule has 6 N–H and O–H groups in total. The quantitative estimate of drug-likeness (QED) is 0.365. The minimum absolute atomic E-state index is 0.0981. The number of aliphatic hydroxyl groups is 3. The molecular formula is C12H17N5O6. The first-order valence-electron chi connectivity index (χ1n) is 7.02. The van der Waals surface area contributed by atoms with Crippen LogP contribution in [0.25, 0.3) is 0 Å². The van der Waals surface area contributed by atoms with Gasteiger partial charge < -0.3 is 31.1 Å². The highest BCUT2D eigenvalue weighted by Crippen LogP contribution is 2.57. The zero-order valence-electron chi connectivity index (χ0n) is 12.0. The molecule has 1 aliphatic heterocycles. The number of nitrogens with two attached hydrogens (primary N) is 1. The fraction of sp³-hybridized carbons (Fsp3) is 0.667. The smallest absolute Gasteiger partial charge is 0.366 e. The average Bonchev–Trinajstić information content (AvgIpc) is 3.18. The Morgan fingerprint density at radius 1 is 1.57 bits per heavy atom. The van der Waals surface area contributed by atoms with Gasteiger partial charge >= 0.3 is 5.69 Å². The third-order valence-electron chi connectivity index (χ3n) is 4.13. The number of nitrogens with one attached hydrogen (secondary N) is 1. The van der Waals surface area contributed by atoms with Crippen LogP contribution in [0.4, 0.5) is 5.82 Å². The Morgan fingerprint density at radius 3 is 2.87 bits per heavy atom. The normalized spacial score (nSPS) is 35.4. The fourth-order valence-corrected chi connectivity index (χ4v) is 2.87. The van der Waals surface area contributed by atoms with E-state index in [4.69, 9.17) is 15.6 Å². The molecule has 1 amide bonds. The Balaban J connectivity index is 1.77. The summed E-state index contributed by atoms with van der Waals surface area (Å²) in [7, 11) is 0. The molecule has 1 saturated carbocycles. The van der Waals surface area contributed by atoms with Gasteiger partial charge in [-0.1, -0.05) is 0 Å². The first kappa shape index (κ1) is 15.8. The summed E-state index contributed by atoms with van der Waals surface area (Å²) in [6.45, 7) is -0.624. The summed E-state index contributed by atoms with van der Waals surface area (Å²) in [5.41, 5.74) is 3.14. The predicted octanol–water partition coefficient (Wildman–Crippen LogP) is -3.67. The van der Waals surface area contributed by atoms with Crippen LogP contribution in [-0.4, -0.2) is 73.1 Å². The molecule has 11 heteroatoms. The summed E-state index contributed by atoms with van der Waals surface area (Å²) in [5.74, 6) is -0.510. The van der Waals surface area contributed by atoms with Crippen molar-refractivity contribution in [1.29, 1.82) is 0 Å². The lowest BCUT2D eigenvalue weighted by Gasteiger charge is -2.15. The Kier molecular flexibility index (Phi) is 3.80. The van der Waals surface area contributed by atoms with Crippen molar-refractivity contribution >= 4 is 11.7 Å². The van der Waals surface area contributed by atoms with Crippen LogP contribution >= 0.6 is 0 Å². The van der Waals surface area contributed by atoms with Crippen molar-refractivity contribution in [3.63, 3.8) is 0 Å². The third-order valence-corrected chi connectivity index (χ3v) is 4.13. The lowest BCUT2D eigenvalue weighted by molar-refractivity contribution is -0.116. The van der Waals surface area contributed by atoms with Crippen LogP contribution in [0.3, 0.4) is 0 Å². The van der Waals surface area contributed by atoms with E-state index < -0.39 is 48.2 Å². The number of rotatable bonds is 5. The fourth-order valence-electron chi connectivity index (χ4n) is 2.87. The predicted molar refractivity (Wildman–Crippen MR) is 74.3 cm³/mol. The van der Waals surface area contributed by atoms with Crippen molar-refractivity contribution in [3.05, 3.63) is 16.7 Å². The van der Waals surface area contributed by atoms with Gasteiger partial charge in [-0.25, -0.2) is 9.48 Å². The van der Waals surface area contributed by atoms with Gasteiger partial charge in [-0.15, -0.1) is 0 Å². The Hall–Kier alpha value is -2.08. The van der Waals surface area contributed by atoms with E-state index in [-0.39, 0.29) is 18.8 Å². The number of anilines is 1. The molecule has 1 spiro atoms. The number of aromatic nitrogens is 3.